The number of hydrogen-bond donors (Lipinski definition) is 2. The molecule has 1 fully saturated rings. The van der Waals surface area contributed by atoms with Crippen LogP contribution in [0.15, 0.2) is 30.5 Å². The first kappa shape index (κ1) is 16.0. The van der Waals surface area contributed by atoms with E-state index in [-0.39, 0.29) is 17.7 Å². The Morgan fingerprint density at radius 2 is 2.17 bits per heavy atom. The lowest BCUT2D eigenvalue weighted by Gasteiger charge is -2.20. The van der Waals surface area contributed by atoms with Gasteiger partial charge in [0, 0.05) is 35.5 Å². The largest absolute Gasteiger partial charge is 0.355 e. The summed E-state index contributed by atoms with van der Waals surface area (Å²) in [6, 6.07) is 7.67. The summed E-state index contributed by atoms with van der Waals surface area (Å²) in [5.74, 6) is -0.262. The number of carbonyl (C=O) groups is 2. The van der Waals surface area contributed by atoms with E-state index in [0.717, 1.165) is 16.9 Å². The van der Waals surface area contributed by atoms with Gasteiger partial charge in [-0.25, -0.2) is 4.98 Å². The van der Waals surface area contributed by atoms with Crippen molar-refractivity contribution in [3.63, 3.8) is 0 Å². The Hall–Kier alpha value is -1.92. The zero-order valence-corrected chi connectivity index (χ0v) is 13.9. The Morgan fingerprint density at radius 1 is 1.39 bits per heavy atom. The van der Waals surface area contributed by atoms with Gasteiger partial charge in [0.05, 0.1) is 5.92 Å². The number of carbonyl (C=O) groups excluding carboxylic acids is 2. The number of hydrogen-bond acceptors (Lipinski definition) is 4. The van der Waals surface area contributed by atoms with Gasteiger partial charge in [0.2, 0.25) is 11.8 Å². The predicted molar refractivity (Wildman–Crippen MR) is 90.7 cm³/mol. The number of benzene rings is 1. The summed E-state index contributed by atoms with van der Waals surface area (Å²) >= 11 is 7.34. The third-order valence-corrected chi connectivity index (χ3v) is 4.88. The van der Waals surface area contributed by atoms with Crippen LogP contribution in [0.25, 0.3) is 0 Å². The second-order valence-electron chi connectivity index (χ2n) is 5.46. The fourth-order valence-corrected chi connectivity index (χ4v) is 3.39. The van der Waals surface area contributed by atoms with Crippen LogP contribution < -0.4 is 10.6 Å². The zero-order valence-electron chi connectivity index (χ0n) is 12.3. The van der Waals surface area contributed by atoms with Crippen LogP contribution in [-0.2, 0) is 16.0 Å². The molecule has 0 saturated carbocycles. The van der Waals surface area contributed by atoms with Crippen molar-refractivity contribution in [3.05, 3.63) is 45.9 Å². The Bertz CT molecular complexity index is 704. The highest BCUT2D eigenvalue weighted by Crippen LogP contribution is 2.23. The molecule has 2 heterocycles. The second-order valence-corrected chi connectivity index (χ2v) is 7.02. The molecule has 5 nitrogen and oxygen atoms in total. The molecule has 23 heavy (non-hydrogen) atoms. The van der Waals surface area contributed by atoms with Gasteiger partial charge in [-0.1, -0.05) is 23.7 Å². The van der Waals surface area contributed by atoms with Gasteiger partial charge in [0.1, 0.15) is 0 Å². The molecule has 1 atom stereocenters. The molecule has 0 radical (unpaired) electrons. The maximum absolute atomic E-state index is 12.2. The third kappa shape index (κ3) is 4.30. The average Bonchev–Trinajstić information content (AvgIpc) is 2.97. The summed E-state index contributed by atoms with van der Waals surface area (Å²) in [5.41, 5.74) is 1.14. The molecule has 0 bridgehead atoms. The van der Waals surface area contributed by atoms with Crippen LogP contribution in [0.2, 0.25) is 5.02 Å². The molecule has 1 aliphatic heterocycles. The Morgan fingerprint density at radius 3 is 2.87 bits per heavy atom. The van der Waals surface area contributed by atoms with Gasteiger partial charge in [-0.2, -0.15) is 0 Å². The van der Waals surface area contributed by atoms with Crippen LogP contribution in [0.3, 0.4) is 0 Å². The SMILES string of the molecule is O=C1CCC(C(=O)Nc2ncc(Cc3ccc(Cl)cc3)s2)CN1. The minimum Gasteiger partial charge on any atom is -0.355 e. The standard InChI is InChI=1S/C16H16ClN3O2S/c17-12-4-1-10(2-5-12)7-13-9-19-16(23-13)20-15(22)11-3-6-14(21)18-8-11/h1-2,4-5,9,11H,3,6-8H2,(H,18,21)(H,19,20,22). The van der Waals surface area contributed by atoms with E-state index >= 15 is 0 Å². The lowest BCUT2D eigenvalue weighted by molar-refractivity contribution is -0.126. The minimum absolute atomic E-state index is 0.00792. The van der Waals surface area contributed by atoms with E-state index in [2.05, 4.69) is 15.6 Å². The molecule has 3 rings (SSSR count). The van der Waals surface area contributed by atoms with Crippen molar-refractivity contribution < 1.29 is 9.59 Å². The van der Waals surface area contributed by atoms with E-state index in [4.69, 9.17) is 11.6 Å². The highest BCUT2D eigenvalue weighted by molar-refractivity contribution is 7.15. The normalized spacial score (nSPS) is 17.6. The molecule has 1 aromatic heterocycles. The smallest absolute Gasteiger partial charge is 0.231 e. The molecule has 1 aliphatic rings. The quantitative estimate of drug-likeness (QED) is 0.891. The molecule has 1 aromatic carbocycles. The molecule has 0 aliphatic carbocycles. The van der Waals surface area contributed by atoms with Crippen molar-refractivity contribution in [3.8, 4) is 0 Å². The summed E-state index contributed by atoms with van der Waals surface area (Å²) in [4.78, 5) is 28.6. The maximum atomic E-state index is 12.2. The van der Waals surface area contributed by atoms with Crippen molar-refractivity contribution in [2.75, 3.05) is 11.9 Å². The molecule has 1 unspecified atom stereocenters. The van der Waals surface area contributed by atoms with Gasteiger partial charge >= 0.3 is 0 Å². The van der Waals surface area contributed by atoms with Crippen LogP contribution in [-0.4, -0.2) is 23.3 Å². The first-order valence-corrected chi connectivity index (χ1v) is 8.56. The molecule has 0 spiro atoms. The van der Waals surface area contributed by atoms with E-state index in [0.29, 0.717) is 29.5 Å². The van der Waals surface area contributed by atoms with Gasteiger partial charge in [-0.15, -0.1) is 11.3 Å². The maximum Gasteiger partial charge on any atom is 0.231 e. The fraction of sp³-hybridized carbons (Fsp3) is 0.312. The topological polar surface area (TPSA) is 71.1 Å². The summed E-state index contributed by atoms with van der Waals surface area (Å²) in [5, 5.41) is 6.86. The molecular formula is C16H16ClN3O2S. The Kier molecular flexibility index (Phi) is 4.93. The van der Waals surface area contributed by atoms with E-state index in [1.807, 2.05) is 24.3 Å². The summed E-state index contributed by atoms with van der Waals surface area (Å²) in [7, 11) is 0. The van der Waals surface area contributed by atoms with Gasteiger partial charge in [0.15, 0.2) is 5.13 Å². The number of nitrogens with zero attached hydrogens (tertiary/aromatic N) is 1. The van der Waals surface area contributed by atoms with Crippen LogP contribution in [0.4, 0.5) is 5.13 Å². The van der Waals surface area contributed by atoms with Crippen molar-refractivity contribution in [1.29, 1.82) is 0 Å². The highest BCUT2D eigenvalue weighted by atomic mass is 35.5. The number of nitrogens with one attached hydrogen (secondary N) is 2. The predicted octanol–water partition coefficient (Wildman–Crippen LogP) is 2.85. The van der Waals surface area contributed by atoms with Gasteiger partial charge < -0.3 is 10.6 Å². The highest BCUT2D eigenvalue weighted by Gasteiger charge is 2.24. The second kappa shape index (κ2) is 7.10. The molecular weight excluding hydrogens is 334 g/mol. The zero-order chi connectivity index (χ0) is 16.2. The number of anilines is 1. The van der Waals surface area contributed by atoms with Crippen LogP contribution in [0.1, 0.15) is 23.3 Å². The van der Waals surface area contributed by atoms with Crippen molar-refractivity contribution in [1.82, 2.24) is 10.3 Å². The summed E-state index contributed by atoms with van der Waals surface area (Å²) in [6.07, 6.45) is 3.51. The molecule has 120 valence electrons. The number of rotatable bonds is 4. The first-order valence-electron chi connectivity index (χ1n) is 7.37. The average molecular weight is 350 g/mol. The van der Waals surface area contributed by atoms with E-state index < -0.39 is 0 Å². The van der Waals surface area contributed by atoms with Crippen LogP contribution in [0.5, 0.6) is 0 Å². The molecule has 2 amide bonds. The Labute approximate surface area is 143 Å². The minimum atomic E-state index is -0.184. The molecule has 2 aromatic rings. The number of piperidine rings is 1. The van der Waals surface area contributed by atoms with Crippen molar-refractivity contribution in [2.45, 2.75) is 19.3 Å². The van der Waals surface area contributed by atoms with Gasteiger partial charge in [-0.05, 0) is 24.1 Å². The summed E-state index contributed by atoms with van der Waals surface area (Å²) in [6.45, 7) is 0.397. The third-order valence-electron chi connectivity index (χ3n) is 3.71. The molecule has 2 N–H and O–H groups in total. The monoisotopic (exact) mass is 349 g/mol. The van der Waals surface area contributed by atoms with Gasteiger partial charge in [-0.3, -0.25) is 9.59 Å². The lowest BCUT2D eigenvalue weighted by atomic mass is 9.98. The van der Waals surface area contributed by atoms with E-state index in [9.17, 15) is 9.59 Å². The first-order chi connectivity index (χ1) is 11.1. The van der Waals surface area contributed by atoms with Crippen molar-refractivity contribution in [2.24, 2.45) is 5.92 Å². The summed E-state index contributed by atoms with van der Waals surface area (Å²) < 4.78 is 0. The van der Waals surface area contributed by atoms with Crippen LogP contribution >= 0.6 is 22.9 Å². The molecule has 1 saturated heterocycles. The fourth-order valence-electron chi connectivity index (χ4n) is 2.41. The number of amides is 2. The molecule has 7 heteroatoms. The van der Waals surface area contributed by atoms with E-state index in [1.54, 1.807) is 6.20 Å². The van der Waals surface area contributed by atoms with E-state index in [1.165, 1.54) is 11.3 Å². The lowest BCUT2D eigenvalue weighted by Crippen LogP contribution is -2.40. The number of halogens is 1. The van der Waals surface area contributed by atoms with Crippen LogP contribution in [0, 0.1) is 5.92 Å². The Balaban J connectivity index is 1.57. The number of aromatic nitrogens is 1. The van der Waals surface area contributed by atoms with Gasteiger partial charge in [0.25, 0.3) is 0 Å². The van der Waals surface area contributed by atoms with Crippen molar-refractivity contribution >= 4 is 39.9 Å². The number of thiazole rings is 1.